The summed E-state index contributed by atoms with van der Waals surface area (Å²) in [6.45, 7) is 0.107. The number of nitro groups is 2. The number of amides is 1. The van der Waals surface area contributed by atoms with Gasteiger partial charge < -0.3 is 29.8 Å². The summed E-state index contributed by atoms with van der Waals surface area (Å²) in [5, 5.41) is 44.9. The van der Waals surface area contributed by atoms with Crippen LogP contribution in [0.1, 0.15) is 89.9 Å². The van der Waals surface area contributed by atoms with E-state index in [-0.39, 0.29) is 55.5 Å². The summed E-state index contributed by atoms with van der Waals surface area (Å²) in [5.41, 5.74) is 2.98. The highest BCUT2D eigenvalue weighted by Crippen LogP contribution is 2.34. The number of carbonyl (C=O) groups excluding carboxylic acids is 1. The lowest BCUT2D eigenvalue weighted by atomic mass is 9.75. The molecule has 4 aliphatic carbocycles. The van der Waals surface area contributed by atoms with Gasteiger partial charge in [-0.3, -0.25) is 34.6 Å². The summed E-state index contributed by atoms with van der Waals surface area (Å²) in [7, 11) is 0. The number of nitrogens with zero attached hydrogens (tertiary/aromatic N) is 2. The van der Waals surface area contributed by atoms with Gasteiger partial charge in [-0.05, 0) is 77.0 Å². The molecule has 254 valence electrons. The van der Waals surface area contributed by atoms with Gasteiger partial charge in [-0.15, -0.1) is 0 Å². The number of ether oxygens (including phenoxy) is 2. The molecule has 0 spiro atoms. The van der Waals surface area contributed by atoms with Gasteiger partial charge in [-0.2, -0.15) is 5.48 Å². The number of hydroxylamine groups is 1. The van der Waals surface area contributed by atoms with Crippen molar-refractivity contribution in [2.75, 3.05) is 13.4 Å². The van der Waals surface area contributed by atoms with Crippen LogP contribution >= 0.6 is 0 Å². The first-order valence-electron chi connectivity index (χ1n) is 16.2. The number of carboxylic acid groups (broad SMARTS) is 2. The SMILES string of the molecule is O=C(O)C1CCCC([N+](=O)[O-])C1CONC1CCC(OCOC2CCC(NC(=O)C3C(C(=O)O)CCCC3[N+](=O)[O-])CC2)CC1. The largest absolute Gasteiger partial charge is 0.481 e. The van der Waals surface area contributed by atoms with Crippen LogP contribution in [0.15, 0.2) is 0 Å². The minimum absolute atomic E-state index is 0.0134. The van der Waals surface area contributed by atoms with Crippen LogP contribution in [-0.4, -0.2) is 87.7 Å². The Morgan fingerprint density at radius 3 is 1.73 bits per heavy atom. The molecule has 1 amide bonds. The Morgan fingerprint density at radius 2 is 1.20 bits per heavy atom. The van der Waals surface area contributed by atoms with E-state index >= 15 is 0 Å². The van der Waals surface area contributed by atoms with Crippen molar-refractivity contribution in [3.05, 3.63) is 20.2 Å². The van der Waals surface area contributed by atoms with Gasteiger partial charge in [0.1, 0.15) is 12.7 Å². The van der Waals surface area contributed by atoms with E-state index in [1.54, 1.807) is 0 Å². The number of rotatable bonds is 14. The third-order valence-corrected chi connectivity index (χ3v) is 10.2. The predicted molar refractivity (Wildman–Crippen MR) is 155 cm³/mol. The molecule has 6 atom stereocenters. The number of carboxylic acids is 2. The number of hydrogen-bond acceptors (Lipinski definition) is 11. The normalized spacial score (nSPS) is 35.6. The second-order valence-electron chi connectivity index (χ2n) is 13.0. The summed E-state index contributed by atoms with van der Waals surface area (Å²) >= 11 is 0. The Balaban J connectivity index is 1.10. The summed E-state index contributed by atoms with van der Waals surface area (Å²) in [6.07, 6.45) is 7.79. The Morgan fingerprint density at radius 1 is 0.689 bits per heavy atom. The quantitative estimate of drug-likeness (QED) is 0.121. The maximum absolute atomic E-state index is 13.0. The Kier molecular flexibility index (Phi) is 12.9. The van der Waals surface area contributed by atoms with Crippen LogP contribution in [0.25, 0.3) is 0 Å². The van der Waals surface area contributed by atoms with Crippen LogP contribution in [0, 0.1) is 43.9 Å². The van der Waals surface area contributed by atoms with Crippen LogP contribution in [-0.2, 0) is 28.7 Å². The first kappa shape index (κ1) is 34.9. The highest BCUT2D eigenvalue weighted by molar-refractivity contribution is 5.85. The number of hydrogen-bond donors (Lipinski definition) is 4. The Bertz CT molecular complexity index is 1000. The zero-order valence-corrected chi connectivity index (χ0v) is 25.5. The monoisotopic (exact) mass is 642 g/mol. The summed E-state index contributed by atoms with van der Waals surface area (Å²) in [6, 6.07) is -2.26. The number of aliphatic carboxylic acids is 2. The fraction of sp³-hybridized carbons (Fsp3) is 0.897. The fourth-order valence-electron chi connectivity index (χ4n) is 7.60. The van der Waals surface area contributed by atoms with Gasteiger partial charge in [0, 0.05) is 34.8 Å². The molecule has 4 aliphatic rings. The smallest absolute Gasteiger partial charge is 0.307 e. The van der Waals surface area contributed by atoms with E-state index in [0.717, 1.165) is 25.7 Å². The maximum Gasteiger partial charge on any atom is 0.307 e. The van der Waals surface area contributed by atoms with Crippen molar-refractivity contribution in [2.45, 2.75) is 126 Å². The predicted octanol–water partition coefficient (Wildman–Crippen LogP) is 2.53. The van der Waals surface area contributed by atoms with E-state index in [9.17, 15) is 44.8 Å². The first-order chi connectivity index (χ1) is 21.5. The lowest BCUT2D eigenvalue weighted by molar-refractivity contribution is -0.538. The van der Waals surface area contributed by atoms with Crippen LogP contribution in [0.4, 0.5) is 0 Å². The molecule has 6 unspecified atom stereocenters. The molecule has 45 heavy (non-hydrogen) atoms. The van der Waals surface area contributed by atoms with Crippen LogP contribution in [0.3, 0.4) is 0 Å². The van der Waals surface area contributed by atoms with Gasteiger partial charge >= 0.3 is 11.9 Å². The van der Waals surface area contributed by atoms with Gasteiger partial charge in [0.2, 0.25) is 18.0 Å². The molecule has 0 bridgehead atoms. The van der Waals surface area contributed by atoms with E-state index < -0.39 is 58.5 Å². The van der Waals surface area contributed by atoms with Crippen LogP contribution in [0.5, 0.6) is 0 Å². The van der Waals surface area contributed by atoms with Gasteiger partial charge in [0.15, 0.2) is 0 Å². The molecule has 4 saturated carbocycles. The van der Waals surface area contributed by atoms with E-state index in [1.165, 1.54) is 0 Å². The van der Waals surface area contributed by atoms with E-state index in [1.807, 2.05) is 0 Å². The minimum Gasteiger partial charge on any atom is -0.481 e. The maximum atomic E-state index is 13.0. The number of carbonyl (C=O) groups is 3. The summed E-state index contributed by atoms with van der Waals surface area (Å²) in [5.74, 6) is -6.43. The van der Waals surface area contributed by atoms with Crippen molar-refractivity contribution >= 4 is 17.8 Å². The average molecular weight is 643 g/mol. The molecule has 0 aromatic heterocycles. The zero-order chi connectivity index (χ0) is 32.5. The molecule has 4 N–H and O–H groups in total. The van der Waals surface area contributed by atoms with Crippen LogP contribution in [0.2, 0.25) is 0 Å². The molecule has 0 heterocycles. The molecular weight excluding hydrogens is 596 g/mol. The van der Waals surface area contributed by atoms with Gasteiger partial charge in [0.05, 0.1) is 36.6 Å². The van der Waals surface area contributed by atoms with Crippen molar-refractivity contribution in [2.24, 2.45) is 23.7 Å². The summed E-state index contributed by atoms with van der Waals surface area (Å²) < 4.78 is 11.9. The van der Waals surface area contributed by atoms with Gasteiger partial charge in [0.25, 0.3) is 0 Å². The minimum atomic E-state index is -1.19. The molecule has 16 heteroatoms. The van der Waals surface area contributed by atoms with Crippen LogP contribution < -0.4 is 10.8 Å². The fourth-order valence-corrected chi connectivity index (χ4v) is 7.60. The molecule has 4 rings (SSSR count). The van der Waals surface area contributed by atoms with Gasteiger partial charge in [-0.1, -0.05) is 0 Å². The zero-order valence-electron chi connectivity index (χ0n) is 25.5. The third-order valence-electron chi connectivity index (χ3n) is 10.2. The third kappa shape index (κ3) is 9.53. The number of nitrogens with one attached hydrogen (secondary N) is 2. The van der Waals surface area contributed by atoms with Crippen molar-refractivity contribution < 1.29 is 48.8 Å². The molecule has 0 aromatic rings. The molecular formula is C29H46N4O12. The molecule has 0 aliphatic heterocycles. The summed E-state index contributed by atoms with van der Waals surface area (Å²) in [4.78, 5) is 63.9. The van der Waals surface area contributed by atoms with Crippen molar-refractivity contribution in [1.29, 1.82) is 0 Å². The molecule has 16 nitrogen and oxygen atoms in total. The average Bonchev–Trinajstić information content (AvgIpc) is 3.02. The van der Waals surface area contributed by atoms with Crippen molar-refractivity contribution in [3.8, 4) is 0 Å². The Hall–Kier alpha value is -2.95. The lowest BCUT2D eigenvalue weighted by Gasteiger charge is -2.34. The topological polar surface area (TPSA) is 230 Å². The molecule has 0 aromatic carbocycles. The standard InChI is InChI=1S/C29H46N4O12/c34-27(26-22(29(37)38)4-2-6-25(26)33(41)42)30-17-7-11-19(12-8-17)43-16-44-20-13-9-18(10-14-20)31-45-15-23-21(28(35)36)3-1-5-24(23)32(39)40/h17-26,31H,1-16H2,(H,30,34)(H,35,36)(H,37,38). The second-order valence-corrected chi connectivity index (χ2v) is 13.0. The highest BCUT2D eigenvalue weighted by Gasteiger charge is 2.49. The van der Waals surface area contributed by atoms with Crippen molar-refractivity contribution in [1.82, 2.24) is 10.8 Å². The van der Waals surface area contributed by atoms with E-state index in [2.05, 4.69) is 10.8 Å². The lowest BCUT2D eigenvalue weighted by Crippen LogP contribution is -2.52. The Labute approximate surface area is 261 Å². The first-order valence-corrected chi connectivity index (χ1v) is 16.2. The molecule has 0 radical (unpaired) electrons. The second kappa shape index (κ2) is 16.6. The van der Waals surface area contributed by atoms with E-state index in [4.69, 9.17) is 14.3 Å². The van der Waals surface area contributed by atoms with Crippen molar-refractivity contribution in [3.63, 3.8) is 0 Å². The highest BCUT2D eigenvalue weighted by atomic mass is 16.7. The molecule has 0 saturated heterocycles. The van der Waals surface area contributed by atoms with E-state index in [0.29, 0.717) is 51.4 Å². The van der Waals surface area contributed by atoms with Gasteiger partial charge in [-0.25, -0.2) is 0 Å². The molecule has 4 fully saturated rings.